The lowest BCUT2D eigenvalue weighted by Crippen LogP contribution is -2.20. The molecule has 0 aliphatic heterocycles. The van der Waals surface area contributed by atoms with Gasteiger partial charge in [0.2, 0.25) is 0 Å². The normalized spacial score (nSPS) is 10.2. The maximum Gasteiger partial charge on any atom is 0.262 e. The van der Waals surface area contributed by atoms with Gasteiger partial charge in [-0.2, -0.15) is 0 Å². The minimum atomic E-state index is -0.458. The summed E-state index contributed by atoms with van der Waals surface area (Å²) in [5, 5.41) is 2.91. The molecule has 0 aliphatic rings. The Morgan fingerprint density at radius 1 is 1.35 bits per heavy atom. The van der Waals surface area contributed by atoms with Crippen molar-refractivity contribution in [3.8, 4) is 5.75 Å². The van der Waals surface area contributed by atoms with Crippen LogP contribution in [0.4, 0.5) is 10.1 Å². The highest BCUT2D eigenvalue weighted by Crippen LogP contribution is 2.27. The number of halogens is 2. The smallest absolute Gasteiger partial charge is 0.262 e. The number of nitrogens with one attached hydrogen (secondary N) is 1. The quantitative estimate of drug-likeness (QED) is 0.576. The zero-order valence-electron chi connectivity index (χ0n) is 12.2. The first kappa shape index (κ1) is 17.4. The minimum absolute atomic E-state index is 0.125. The number of para-hydroxylation sites is 1. The van der Waals surface area contributed by atoms with Crippen LogP contribution in [0.25, 0.3) is 0 Å². The van der Waals surface area contributed by atoms with Gasteiger partial charge in [0.15, 0.2) is 6.61 Å². The summed E-state index contributed by atoms with van der Waals surface area (Å²) in [5.41, 5.74) is 0.707. The van der Waals surface area contributed by atoms with E-state index < -0.39 is 5.82 Å². The maximum absolute atomic E-state index is 13.0. The van der Waals surface area contributed by atoms with Gasteiger partial charge in [0.05, 0.1) is 10.7 Å². The van der Waals surface area contributed by atoms with E-state index in [2.05, 4.69) is 11.9 Å². The summed E-state index contributed by atoms with van der Waals surface area (Å²) in [4.78, 5) is 13.0. The molecule has 0 atom stereocenters. The van der Waals surface area contributed by atoms with Gasteiger partial charge in [-0.25, -0.2) is 4.39 Å². The van der Waals surface area contributed by atoms with E-state index in [-0.39, 0.29) is 23.3 Å². The van der Waals surface area contributed by atoms with Crippen LogP contribution in [0.1, 0.15) is 0 Å². The molecule has 0 radical (unpaired) electrons. The highest BCUT2D eigenvalue weighted by molar-refractivity contribution is 7.99. The Balaban J connectivity index is 1.96. The van der Waals surface area contributed by atoms with Gasteiger partial charge in [-0.15, -0.1) is 18.3 Å². The number of rotatable bonds is 7. The van der Waals surface area contributed by atoms with Gasteiger partial charge >= 0.3 is 0 Å². The molecular formula is C17H15ClFNO2S. The molecule has 0 bridgehead atoms. The number of benzene rings is 2. The number of carbonyl (C=O) groups is 1. The van der Waals surface area contributed by atoms with Gasteiger partial charge in [0.25, 0.3) is 5.91 Å². The topological polar surface area (TPSA) is 38.3 Å². The Kier molecular flexibility index (Phi) is 6.50. The molecule has 2 aromatic rings. The number of ether oxygens (including phenoxy) is 1. The summed E-state index contributed by atoms with van der Waals surface area (Å²) in [6.45, 7) is 3.46. The van der Waals surface area contributed by atoms with Crippen molar-refractivity contribution in [2.24, 2.45) is 0 Å². The molecule has 0 saturated heterocycles. The second-order valence-electron chi connectivity index (χ2n) is 4.51. The zero-order valence-corrected chi connectivity index (χ0v) is 13.8. The molecule has 0 fully saturated rings. The molecule has 120 valence electrons. The number of hydrogen-bond acceptors (Lipinski definition) is 3. The summed E-state index contributed by atoms with van der Waals surface area (Å²) in [6, 6.07) is 11.2. The van der Waals surface area contributed by atoms with Crippen molar-refractivity contribution >= 4 is 35.0 Å². The van der Waals surface area contributed by atoms with Crippen LogP contribution in [-0.2, 0) is 4.79 Å². The van der Waals surface area contributed by atoms with Crippen LogP contribution in [0.15, 0.2) is 60.0 Å². The van der Waals surface area contributed by atoms with Gasteiger partial charge in [-0.05, 0) is 30.3 Å². The molecule has 0 heterocycles. The van der Waals surface area contributed by atoms with Crippen LogP contribution < -0.4 is 10.1 Å². The van der Waals surface area contributed by atoms with E-state index in [4.69, 9.17) is 16.3 Å². The number of hydrogen-bond donors (Lipinski definition) is 1. The summed E-state index contributed by atoms with van der Waals surface area (Å²) in [6.07, 6.45) is 1.79. The van der Waals surface area contributed by atoms with Crippen molar-refractivity contribution in [1.29, 1.82) is 0 Å². The highest BCUT2D eigenvalue weighted by atomic mass is 35.5. The van der Waals surface area contributed by atoms with Crippen LogP contribution >= 0.6 is 23.4 Å². The monoisotopic (exact) mass is 351 g/mol. The average molecular weight is 352 g/mol. The fourth-order valence-corrected chi connectivity index (χ4v) is 2.73. The van der Waals surface area contributed by atoms with Crippen molar-refractivity contribution in [1.82, 2.24) is 0 Å². The van der Waals surface area contributed by atoms with Crippen LogP contribution in [-0.4, -0.2) is 18.3 Å². The van der Waals surface area contributed by atoms with Crippen LogP contribution in [0.3, 0.4) is 0 Å². The van der Waals surface area contributed by atoms with E-state index in [1.165, 1.54) is 12.1 Å². The molecule has 0 unspecified atom stereocenters. The lowest BCUT2D eigenvalue weighted by atomic mass is 10.3. The Hall–Kier alpha value is -1.98. The largest absolute Gasteiger partial charge is 0.482 e. The average Bonchev–Trinajstić information content (AvgIpc) is 2.53. The number of anilines is 1. The second kappa shape index (κ2) is 8.60. The first-order valence-electron chi connectivity index (χ1n) is 6.80. The molecule has 23 heavy (non-hydrogen) atoms. The fourth-order valence-electron chi connectivity index (χ4n) is 1.77. The standard InChI is InChI=1S/C17H15ClFNO2S/c1-2-9-23-16-6-4-3-5-14(16)20-17(21)11-22-15-8-7-12(19)10-13(15)18/h2-8,10H,1,9,11H2,(H,20,21). The van der Waals surface area contributed by atoms with Crippen molar-refractivity contribution in [3.63, 3.8) is 0 Å². The van der Waals surface area contributed by atoms with Crippen molar-refractivity contribution in [2.75, 3.05) is 17.7 Å². The fraction of sp³-hybridized carbons (Fsp3) is 0.118. The lowest BCUT2D eigenvalue weighted by Gasteiger charge is -2.11. The molecule has 0 saturated carbocycles. The lowest BCUT2D eigenvalue weighted by molar-refractivity contribution is -0.118. The minimum Gasteiger partial charge on any atom is -0.482 e. The van der Waals surface area contributed by atoms with Gasteiger partial charge in [-0.1, -0.05) is 29.8 Å². The van der Waals surface area contributed by atoms with Crippen LogP contribution in [0, 0.1) is 5.82 Å². The van der Waals surface area contributed by atoms with Gasteiger partial charge in [0.1, 0.15) is 11.6 Å². The first-order valence-corrected chi connectivity index (χ1v) is 8.17. The van der Waals surface area contributed by atoms with Gasteiger partial charge in [-0.3, -0.25) is 4.79 Å². The molecule has 2 rings (SSSR count). The Morgan fingerprint density at radius 2 is 2.13 bits per heavy atom. The van der Waals surface area contributed by atoms with Gasteiger partial charge < -0.3 is 10.1 Å². The number of amides is 1. The number of carbonyl (C=O) groups excluding carboxylic acids is 1. The number of thioether (sulfide) groups is 1. The highest BCUT2D eigenvalue weighted by Gasteiger charge is 2.09. The van der Waals surface area contributed by atoms with Crippen LogP contribution in [0.2, 0.25) is 5.02 Å². The first-order chi connectivity index (χ1) is 11.1. The zero-order chi connectivity index (χ0) is 16.7. The summed E-state index contributed by atoms with van der Waals surface area (Å²) < 4.78 is 18.3. The Labute approximate surface area is 143 Å². The molecule has 1 N–H and O–H groups in total. The third-order valence-electron chi connectivity index (χ3n) is 2.77. The van der Waals surface area contributed by atoms with E-state index in [1.54, 1.807) is 17.8 Å². The molecule has 1 amide bonds. The van der Waals surface area contributed by atoms with E-state index in [1.807, 2.05) is 24.3 Å². The second-order valence-corrected chi connectivity index (χ2v) is 5.98. The van der Waals surface area contributed by atoms with Crippen molar-refractivity contribution < 1.29 is 13.9 Å². The summed E-state index contributed by atoms with van der Waals surface area (Å²) in [7, 11) is 0. The van der Waals surface area contributed by atoms with Gasteiger partial charge in [0, 0.05) is 10.6 Å². The molecule has 0 spiro atoms. The van der Waals surface area contributed by atoms with E-state index in [9.17, 15) is 9.18 Å². The van der Waals surface area contributed by atoms with Crippen molar-refractivity contribution in [2.45, 2.75) is 4.90 Å². The van der Waals surface area contributed by atoms with E-state index >= 15 is 0 Å². The molecule has 0 aliphatic carbocycles. The Morgan fingerprint density at radius 3 is 2.87 bits per heavy atom. The van der Waals surface area contributed by atoms with E-state index in [0.29, 0.717) is 5.69 Å². The van der Waals surface area contributed by atoms with Crippen LogP contribution in [0.5, 0.6) is 5.75 Å². The summed E-state index contributed by atoms with van der Waals surface area (Å²) >= 11 is 7.42. The van der Waals surface area contributed by atoms with E-state index in [0.717, 1.165) is 16.7 Å². The maximum atomic E-state index is 13.0. The molecule has 6 heteroatoms. The molecular weight excluding hydrogens is 337 g/mol. The SMILES string of the molecule is C=CCSc1ccccc1NC(=O)COc1ccc(F)cc1Cl. The van der Waals surface area contributed by atoms with Crippen molar-refractivity contribution in [3.05, 3.63) is 66.0 Å². The third-order valence-corrected chi connectivity index (χ3v) is 4.14. The molecule has 2 aromatic carbocycles. The predicted molar refractivity (Wildman–Crippen MR) is 92.9 cm³/mol. The molecule has 0 aromatic heterocycles. The third kappa shape index (κ3) is 5.30. The molecule has 3 nitrogen and oxygen atoms in total. The predicted octanol–water partition coefficient (Wildman–Crippen LogP) is 4.77. The Bertz CT molecular complexity index is 709. The summed E-state index contributed by atoms with van der Waals surface area (Å²) in [5.74, 6) is 0.226.